The molecule has 24 heavy (non-hydrogen) atoms. The van der Waals surface area contributed by atoms with E-state index in [0.29, 0.717) is 24.1 Å². The van der Waals surface area contributed by atoms with Crippen LogP contribution in [0.25, 0.3) is 0 Å². The van der Waals surface area contributed by atoms with Crippen molar-refractivity contribution in [3.63, 3.8) is 0 Å². The lowest BCUT2D eigenvalue weighted by Crippen LogP contribution is -2.44. The zero-order valence-corrected chi connectivity index (χ0v) is 15.2. The average Bonchev–Trinajstić information content (AvgIpc) is 2.98. The quantitative estimate of drug-likeness (QED) is 0.882. The Balaban J connectivity index is 1.98. The largest absolute Gasteiger partial charge is 0.493 e. The van der Waals surface area contributed by atoms with Crippen LogP contribution in [0.15, 0.2) is 6.07 Å². The summed E-state index contributed by atoms with van der Waals surface area (Å²) in [4.78, 5) is 4.93. The van der Waals surface area contributed by atoms with Gasteiger partial charge in [0.1, 0.15) is 0 Å². The van der Waals surface area contributed by atoms with E-state index in [0.717, 1.165) is 25.4 Å². The third-order valence-electron chi connectivity index (χ3n) is 5.45. The smallest absolute Gasteiger partial charge is 0.203 e. The molecule has 134 valence electrons. The number of nitrogens with zero attached hydrogens (tertiary/aromatic N) is 2. The van der Waals surface area contributed by atoms with E-state index in [9.17, 15) is 0 Å². The Morgan fingerprint density at radius 1 is 1.08 bits per heavy atom. The van der Waals surface area contributed by atoms with Gasteiger partial charge in [0.25, 0.3) is 0 Å². The average molecular weight is 335 g/mol. The molecule has 6 heteroatoms. The first kappa shape index (κ1) is 17.3. The van der Waals surface area contributed by atoms with Crippen molar-refractivity contribution in [3.8, 4) is 17.2 Å². The van der Waals surface area contributed by atoms with Crippen LogP contribution in [0, 0.1) is 0 Å². The summed E-state index contributed by atoms with van der Waals surface area (Å²) >= 11 is 0. The Hall–Kier alpha value is -1.50. The third kappa shape index (κ3) is 2.83. The highest BCUT2D eigenvalue weighted by molar-refractivity contribution is 5.61. The van der Waals surface area contributed by atoms with Crippen molar-refractivity contribution in [1.29, 1.82) is 0 Å². The van der Waals surface area contributed by atoms with Gasteiger partial charge in [-0.3, -0.25) is 4.90 Å². The van der Waals surface area contributed by atoms with Gasteiger partial charge in [-0.1, -0.05) is 0 Å². The summed E-state index contributed by atoms with van der Waals surface area (Å²) < 4.78 is 16.7. The van der Waals surface area contributed by atoms with Crippen LogP contribution in [0.2, 0.25) is 0 Å². The van der Waals surface area contributed by atoms with E-state index in [-0.39, 0.29) is 6.04 Å². The first-order valence-electron chi connectivity index (χ1n) is 8.60. The normalized spacial score (nSPS) is 22.5. The molecule has 0 bridgehead atoms. The molecule has 1 aromatic rings. The SMILES string of the molecule is COc1cc2c(c(OC)c1OC)CN(C1CCN(C)CC1)C2CN. The van der Waals surface area contributed by atoms with E-state index in [1.165, 1.54) is 24.0 Å². The maximum absolute atomic E-state index is 6.16. The monoisotopic (exact) mass is 335 g/mol. The molecule has 1 atom stereocenters. The topological polar surface area (TPSA) is 60.2 Å². The molecule has 1 aromatic carbocycles. The van der Waals surface area contributed by atoms with Crippen molar-refractivity contribution in [2.45, 2.75) is 31.5 Å². The number of methoxy groups -OCH3 is 3. The molecule has 1 saturated heterocycles. The van der Waals surface area contributed by atoms with Crippen LogP contribution in [-0.2, 0) is 6.54 Å². The maximum atomic E-state index is 6.16. The molecule has 1 fully saturated rings. The van der Waals surface area contributed by atoms with Gasteiger partial charge in [0.05, 0.1) is 21.3 Å². The minimum Gasteiger partial charge on any atom is -0.493 e. The third-order valence-corrected chi connectivity index (χ3v) is 5.45. The Kier molecular flexibility index (Phi) is 5.18. The standard InChI is InChI=1S/C18H29N3O3/c1-20-7-5-12(6-8-20)21-11-14-13(15(21)10-19)9-16(22-2)18(24-4)17(14)23-3/h9,12,15H,5-8,10-11,19H2,1-4H3. The number of hydrogen-bond donors (Lipinski definition) is 1. The molecule has 0 amide bonds. The molecule has 0 aliphatic carbocycles. The van der Waals surface area contributed by atoms with Crippen molar-refractivity contribution in [2.24, 2.45) is 5.73 Å². The summed E-state index contributed by atoms with van der Waals surface area (Å²) in [7, 11) is 7.18. The number of benzene rings is 1. The lowest BCUT2D eigenvalue weighted by Gasteiger charge is -2.38. The highest BCUT2D eigenvalue weighted by Gasteiger charge is 2.38. The first-order valence-corrected chi connectivity index (χ1v) is 8.60. The summed E-state index contributed by atoms with van der Waals surface area (Å²) in [5.74, 6) is 2.15. The maximum Gasteiger partial charge on any atom is 0.203 e. The molecule has 2 heterocycles. The van der Waals surface area contributed by atoms with Crippen LogP contribution >= 0.6 is 0 Å². The molecule has 6 nitrogen and oxygen atoms in total. The van der Waals surface area contributed by atoms with Crippen LogP contribution in [-0.4, -0.2) is 63.9 Å². The summed E-state index contributed by atoms with van der Waals surface area (Å²) in [5, 5.41) is 0. The molecular weight excluding hydrogens is 306 g/mol. The molecular formula is C18H29N3O3. The number of hydrogen-bond acceptors (Lipinski definition) is 6. The highest BCUT2D eigenvalue weighted by Crippen LogP contribution is 2.49. The molecule has 0 saturated carbocycles. The zero-order valence-electron chi connectivity index (χ0n) is 15.2. The zero-order chi connectivity index (χ0) is 17.3. The Morgan fingerprint density at radius 3 is 2.29 bits per heavy atom. The number of nitrogens with two attached hydrogens (primary N) is 1. The predicted octanol–water partition coefficient (Wildman–Crippen LogP) is 1.62. The van der Waals surface area contributed by atoms with Gasteiger partial charge in [0, 0.05) is 30.7 Å². The summed E-state index contributed by atoms with van der Waals surface area (Å²) in [6.07, 6.45) is 2.36. The summed E-state index contributed by atoms with van der Waals surface area (Å²) in [5.41, 5.74) is 8.56. The van der Waals surface area contributed by atoms with E-state index in [4.69, 9.17) is 19.9 Å². The molecule has 2 aliphatic heterocycles. The fraction of sp³-hybridized carbons (Fsp3) is 0.667. The highest BCUT2D eigenvalue weighted by atomic mass is 16.5. The fourth-order valence-electron chi connectivity index (χ4n) is 4.14. The molecule has 3 rings (SSSR count). The lowest BCUT2D eigenvalue weighted by atomic mass is 10.0. The van der Waals surface area contributed by atoms with Crippen molar-refractivity contribution in [1.82, 2.24) is 9.80 Å². The van der Waals surface area contributed by atoms with Crippen LogP contribution < -0.4 is 19.9 Å². The van der Waals surface area contributed by atoms with E-state index < -0.39 is 0 Å². The van der Waals surface area contributed by atoms with Gasteiger partial charge in [0.15, 0.2) is 11.5 Å². The Morgan fingerprint density at radius 2 is 1.75 bits per heavy atom. The van der Waals surface area contributed by atoms with E-state index >= 15 is 0 Å². The fourth-order valence-corrected chi connectivity index (χ4v) is 4.14. The Labute approximate surface area is 144 Å². The number of fused-ring (bicyclic) bond motifs is 1. The van der Waals surface area contributed by atoms with Crippen molar-refractivity contribution in [2.75, 3.05) is 48.0 Å². The molecule has 0 radical (unpaired) electrons. The molecule has 0 aromatic heterocycles. The minimum atomic E-state index is 0.210. The second-order valence-corrected chi connectivity index (χ2v) is 6.67. The summed E-state index contributed by atoms with van der Waals surface area (Å²) in [6, 6.07) is 2.84. The summed E-state index contributed by atoms with van der Waals surface area (Å²) in [6.45, 7) is 3.73. The van der Waals surface area contributed by atoms with E-state index in [1.54, 1.807) is 21.3 Å². The van der Waals surface area contributed by atoms with Gasteiger partial charge in [-0.05, 0) is 44.6 Å². The van der Waals surface area contributed by atoms with Crippen LogP contribution in [0.1, 0.15) is 30.0 Å². The van der Waals surface area contributed by atoms with Gasteiger partial charge in [-0.2, -0.15) is 0 Å². The van der Waals surface area contributed by atoms with E-state index in [1.807, 2.05) is 0 Å². The van der Waals surface area contributed by atoms with Crippen molar-refractivity contribution < 1.29 is 14.2 Å². The van der Waals surface area contributed by atoms with Crippen LogP contribution in [0.3, 0.4) is 0 Å². The van der Waals surface area contributed by atoms with Gasteiger partial charge in [-0.15, -0.1) is 0 Å². The second kappa shape index (κ2) is 7.17. The number of rotatable bonds is 5. The lowest BCUT2D eigenvalue weighted by molar-refractivity contribution is 0.0905. The van der Waals surface area contributed by atoms with Crippen molar-refractivity contribution >= 4 is 0 Å². The van der Waals surface area contributed by atoms with Crippen molar-refractivity contribution in [3.05, 3.63) is 17.2 Å². The molecule has 2 aliphatic rings. The minimum absolute atomic E-state index is 0.210. The molecule has 1 unspecified atom stereocenters. The number of piperidine rings is 1. The van der Waals surface area contributed by atoms with Gasteiger partial charge in [-0.25, -0.2) is 0 Å². The number of ether oxygens (including phenoxy) is 3. The molecule has 0 spiro atoms. The number of likely N-dealkylation sites (tertiary alicyclic amines) is 1. The molecule has 2 N–H and O–H groups in total. The van der Waals surface area contributed by atoms with Gasteiger partial charge in [0.2, 0.25) is 5.75 Å². The Bertz CT molecular complexity index is 585. The van der Waals surface area contributed by atoms with Crippen LogP contribution in [0.5, 0.6) is 17.2 Å². The van der Waals surface area contributed by atoms with Gasteiger partial charge >= 0.3 is 0 Å². The predicted molar refractivity (Wildman–Crippen MR) is 94.0 cm³/mol. The van der Waals surface area contributed by atoms with Crippen LogP contribution in [0.4, 0.5) is 0 Å². The first-order chi connectivity index (χ1) is 11.6. The second-order valence-electron chi connectivity index (χ2n) is 6.67. The van der Waals surface area contributed by atoms with E-state index in [2.05, 4.69) is 22.9 Å². The van der Waals surface area contributed by atoms with Gasteiger partial charge < -0.3 is 24.8 Å².